The number of carbonyl (C=O) groups excluding carboxylic acids is 1. The smallest absolute Gasteiger partial charge is 0.319 e. The summed E-state index contributed by atoms with van der Waals surface area (Å²) >= 11 is 0. The molecule has 1 N–H and O–H groups in total. The summed E-state index contributed by atoms with van der Waals surface area (Å²) in [5.41, 5.74) is 0.665. The molecule has 4 heteroatoms. The maximum absolute atomic E-state index is 11.0. The molecule has 2 rings (SSSR count). The fourth-order valence-electron chi connectivity index (χ4n) is 2.37. The zero-order valence-corrected chi connectivity index (χ0v) is 10.3. The minimum Gasteiger partial charge on any atom is -0.468 e. The summed E-state index contributed by atoms with van der Waals surface area (Å²) in [5.74, 6) is -0.274. The lowest BCUT2D eigenvalue weighted by atomic mass is 9.62. The molecule has 1 aliphatic carbocycles. The Hall–Kier alpha value is -1.86. The second-order valence-corrected chi connectivity index (χ2v) is 4.62. The molecular formula is C14H16N2O2. The van der Waals surface area contributed by atoms with Gasteiger partial charge in [0.1, 0.15) is 0 Å². The molecule has 0 heterocycles. The van der Waals surface area contributed by atoms with E-state index in [0.29, 0.717) is 0 Å². The van der Waals surface area contributed by atoms with Crippen molar-refractivity contribution < 1.29 is 9.53 Å². The first-order valence-corrected chi connectivity index (χ1v) is 5.97. The first-order chi connectivity index (χ1) is 8.70. The van der Waals surface area contributed by atoms with Crippen LogP contribution in [0, 0.1) is 11.3 Å². The Morgan fingerprint density at radius 2 is 2.17 bits per heavy atom. The lowest BCUT2D eigenvalue weighted by Crippen LogP contribution is -2.52. The first-order valence-electron chi connectivity index (χ1n) is 5.97. The van der Waals surface area contributed by atoms with E-state index in [1.54, 1.807) is 0 Å². The van der Waals surface area contributed by atoms with E-state index >= 15 is 0 Å². The predicted molar refractivity (Wildman–Crippen MR) is 66.8 cm³/mol. The van der Waals surface area contributed by atoms with E-state index in [2.05, 4.69) is 16.1 Å². The van der Waals surface area contributed by atoms with Crippen molar-refractivity contribution in [3.63, 3.8) is 0 Å². The maximum Gasteiger partial charge on any atom is 0.319 e. The highest BCUT2D eigenvalue weighted by Gasteiger charge is 2.45. The Balaban J connectivity index is 1.93. The largest absolute Gasteiger partial charge is 0.468 e. The third-order valence-corrected chi connectivity index (χ3v) is 3.49. The molecule has 18 heavy (non-hydrogen) atoms. The second kappa shape index (κ2) is 5.19. The van der Waals surface area contributed by atoms with Crippen LogP contribution in [-0.2, 0) is 14.9 Å². The molecular weight excluding hydrogens is 228 g/mol. The highest BCUT2D eigenvalue weighted by atomic mass is 16.5. The molecule has 4 nitrogen and oxygen atoms in total. The van der Waals surface area contributed by atoms with Gasteiger partial charge < -0.3 is 10.1 Å². The van der Waals surface area contributed by atoms with Crippen LogP contribution in [0.25, 0.3) is 0 Å². The lowest BCUT2D eigenvalue weighted by molar-refractivity contribution is -0.139. The molecule has 0 unspecified atom stereocenters. The van der Waals surface area contributed by atoms with E-state index in [1.165, 1.54) is 7.11 Å². The van der Waals surface area contributed by atoms with Crippen molar-refractivity contribution in [3.05, 3.63) is 35.9 Å². The molecule has 0 aromatic heterocycles. The zero-order valence-electron chi connectivity index (χ0n) is 10.3. The van der Waals surface area contributed by atoms with Crippen LogP contribution < -0.4 is 5.32 Å². The quantitative estimate of drug-likeness (QED) is 0.813. The third-order valence-electron chi connectivity index (χ3n) is 3.49. The number of hydrogen-bond donors (Lipinski definition) is 1. The Labute approximate surface area is 107 Å². The summed E-state index contributed by atoms with van der Waals surface area (Å²) in [6.07, 6.45) is 1.48. The van der Waals surface area contributed by atoms with E-state index in [1.807, 2.05) is 30.3 Å². The summed E-state index contributed by atoms with van der Waals surface area (Å²) in [6.45, 7) is 0.206. The van der Waals surface area contributed by atoms with Crippen LogP contribution in [-0.4, -0.2) is 25.7 Å². The number of nitrogens with one attached hydrogen (secondary N) is 1. The molecule has 0 aliphatic heterocycles. The Morgan fingerprint density at radius 1 is 1.50 bits per heavy atom. The van der Waals surface area contributed by atoms with Crippen LogP contribution in [0.4, 0.5) is 0 Å². The number of rotatable bonds is 4. The van der Waals surface area contributed by atoms with Gasteiger partial charge in [0.15, 0.2) is 0 Å². The molecule has 0 bridgehead atoms. The van der Waals surface area contributed by atoms with Gasteiger partial charge in [-0.1, -0.05) is 30.3 Å². The molecule has 1 fully saturated rings. The number of esters is 1. The van der Waals surface area contributed by atoms with Crippen molar-refractivity contribution in [3.8, 4) is 6.07 Å². The topological polar surface area (TPSA) is 62.1 Å². The molecule has 0 radical (unpaired) electrons. The van der Waals surface area contributed by atoms with Gasteiger partial charge in [0.25, 0.3) is 0 Å². The number of benzene rings is 1. The monoisotopic (exact) mass is 244 g/mol. The molecule has 0 saturated heterocycles. The van der Waals surface area contributed by atoms with E-state index in [4.69, 9.17) is 0 Å². The molecule has 94 valence electrons. The van der Waals surface area contributed by atoms with Crippen LogP contribution in [0.3, 0.4) is 0 Å². The number of methoxy groups -OCH3 is 1. The van der Waals surface area contributed by atoms with Gasteiger partial charge in [0, 0.05) is 6.04 Å². The number of hydrogen-bond acceptors (Lipinski definition) is 4. The summed E-state index contributed by atoms with van der Waals surface area (Å²) in [5, 5.41) is 12.5. The molecule has 1 saturated carbocycles. The number of carbonyl (C=O) groups is 1. The molecule has 1 aliphatic rings. The van der Waals surface area contributed by atoms with E-state index in [-0.39, 0.29) is 18.6 Å². The van der Waals surface area contributed by atoms with Crippen molar-refractivity contribution in [2.45, 2.75) is 24.3 Å². The van der Waals surface area contributed by atoms with Gasteiger partial charge in [0.2, 0.25) is 0 Å². The van der Waals surface area contributed by atoms with E-state index in [9.17, 15) is 10.1 Å². The summed E-state index contributed by atoms with van der Waals surface area (Å²) in [7, 11) is 1.37. The maximum atomic E-state index is 11.0. The van der Waals surface area contributed by atoms with Crippen LogP contribution in [0.15, 0.2) is 30.3 Å². The number of ether oxygens (including phenoxy) is 1. The Kier molecular flexibility index (Phi) is 3.63. The van der Waals surface area contributed by atoms with Gasteiger partial charge in [-0.25, -0.2) is 0 Å². The highest BCUT2D eigenvalue weighted by Crippen LogP contribution is 2.43. The van der Waals surface area contributed by atoms with Crippen molar-refractivity contribution in [2.75, 3.05) is 13.7 Å². The Morgan fingerprint density at radius 3 is 2.72 bits per heavy atom. The molecule has 1 aromatic rings. The van der Waals surface area contributed by atoms with Gasteiger partial charge in [-0.05, 0) is 18.4 Å². The normalized spacial score (nSPS) is 25.9. The van der Waals surface area contributed by atoms with Crippen LogP contribution in [0.1, 0.15) is 18.4 Å². The lowest BCUT2D eigenvalue weighted by Gasteiger charge is -2.43. The van der Waals surface area contributed by atoms with Crippen LogP contribution in [0.2, 0.25) is 0 Å². The SMILES string of the molecule is COC(=O)CNC1CC(C#N)(c2ccccc2)C1. The summed E-state index contributed by atoms with van der Waals surface area (Å²) in [4.78, 5) is 11.0. The fraction of sp³-hybridized carbons (Fsp3) is 0.429. The third kappa shape index (κ3) is 2.36. The van der Waals surface area contributed by atoms with Gasteiger partial charge in [-0.2, -0.15) is 5.26 Å². The molecule has 0 spiro atoms. The van der Waals surface area contributed by atoms with Crippen molar-refractivity contribution in [1.82, 2.24) is 5.32 Å². The predicted octanol–water partition coefficient (Wildman–Crippen LogP) is 1.37. The second-order valence-electron chi connectivity index (χ2n) is 4.62. The molecule has 0 atom stereocenters. The average molecular weight is 244 g/mol. The van der Waals surface area contributed by atoms with E-state index in [0.717, 1.165) is 18.4 Å². The van der Waals surface area contributed by atoms with Crippen LogP contribution in [0.5, 0.6) is 0 Å². The molecule has 1 aromatic carbocycles. The van der Waals surface area contributed by atoms with Crippen molar-refractivity contribution in [1.29, 1.82) is 5.26 Å². The van der Waals surface area contributed by atoms with Gasteiger partial charge >= 0.3 is 5.97 Å². The van der Waals surface area contributed by atoms with Gasteiger partial charge in [0.05, 0.1) is 25.1 Å². The van der Waals surface area contributed by atoms with E-state index < -0.39 is 5.41 Å². The van der Waals surface area contributed by atoms with Crippen molar-refractivity contribution in [2.24, 2.45) is 0 Å². The van der Waals surface area contributed by atoms with Crippen LogP contribution >= 0.6 is 0 Å². The zero-order chi connectivity index (χ0) is 13.0. The minimum absolute atomic E-state index is 0.206. The van der Waals surface area contributed by atoms with Gasteiger partial charge in [-0.15, -0.1) is 0 Å². The molecule has 0 amide bonds. The number of nitrogens with zero attached hydrogens (tertiary/aromatic N) is 1. The number of nitriles is 1. The fourth-order valence-corrected chi connectivity index (χ4v) is 2.37. The average Bonchev–Trinajstić information content (AvgIpc) is 2.38. The Bertz CT molecular complexity index is 458. The highest BCUT2D eigenvalue weighted by molar-refractivity contribution is 5.71. The summed E-state index contributed by atoms with van der Waals surface area (Å²) in [6, 6.07) is 12.4. The first kappa shape index (κ1) is 12.6. The van der Waals surface area contributed by atoms with Gasteiger partial charge in [-0.3, -0.25) is 4.79 Å². The minimum atomic E-state index is -0.394. The standard InChI is InChI=1S/C14H16N2O2/c1-18-13(17)9-16-12-7-14(8-12,10-15)11-5-3-2-4-6-11/h2-6,12,16H,7-9H2,1H3. The van der Waals surface area contributed by atoms with Crippen molar-refractivity contribution >= 4 is 5.97 Å². The summed E-state index contributed by atoms with van der Waals surface area (Å²) < 4.78 is 4.57.